The minimum Gasteiger partial charge on any atom is -0.478 e. The maximum atomic E-state index is 10.4. The van der Waals surface area contributed by atoms with Crippen molar-refractivity contribution in [3.8, 4) is 11.1 Å². The normalized spacial score (nSPS) is 10.7. The lowest BCUT2D eigenvalue weighted by molar-refractivity contribution is -0.131. The Bertz CT molecular complexity index is 568. The van der Waals surface area contributed by atoms with Gasteiger partial charge in [-0.05, 0) is 34.9 Å². The number of aliphatic carboxylic acids is 1. The smallest absolute Gasteiger partial charge is 0.328 e. The van der Waals surface area contributed by atoms with Crippen LogP contribution in [-0.4, -0.2) is 11.1 Å². The van der Waals surface area contributed by atoms with Crippen LogP contribution in [0.4, 0.5) is 0 Å². The molecule has 0 spiro atoms. The fraction of sp³-hybridized carbons (Fsp3) is 0. The molecule has 0 fully saturated rings. The van der Waals surface area contributed by atoms with Crippen LogP contribution >= 0.6 is 15.9 Å². The molecule has 2 rings (SSSR count). The van der Waals surface area contributed by atoms with Gasteiger partial charge >= 0.3 is 5.97 Å². The van der Waals surface area contributed by atoms with Gasteiger partial charge in [-0.25, -0.2) is 4.79 Å². The quantitative estimate of drug-likeness (QED) is 0.862. The third kappa shape index (κ3) is 3.31. The predicted molar refractivity (Wildman–Crippen MR) is 76.2 cm³/mol. The molecule has 18 heavy (non-hydrogen) atoms. The lowest BCUT2D eigenvalue weighted by Gasteiger charge is -2.02. The van der Waals surface area contributed by atoms with Gasteiger partial charge in [-0.2, -0.15) is 0 Å². The largest absolute Gasteiger partial charge is 0.478 e. The van der Waals surface area contributed by atoms with Crippen molar-refractivity contribution in [1.29, 1.82) is 0 Å². The molecule has 0 saturated heterocycles. The van der Waals surface area contributed by atoms with Crippen LogP contribution in [0, 0.1) is 0 Å². The standard InChI is InChI=1S/C15H11BrO2/c16-14-8-6-13(7-9-14)12-4-1-11(2-5-12)3-10-15(17)18/h1-10H,(H,17,18). The van der Waals surface area contributed by atoms with Gasteiger partial charge in [0.05, 0.1) is 0 Å². The Labute approximate surface area is 114 Å². The van der Waals surface area contributed by atoms with Crippen LogP contribution in [0.1, 0.15) is 5.56 Å². The molecule has 0 aromatic heterocycles. The van der Waals surface area contributed by atoms with Crippen LogP contribution in [0.25, 0.3) is 17.2 Å². The summed E-state index contributed by atoms with van der Waals surface area (Å²) in [5, 5.41) is 8.54. The van der Waals surface area contributed by atoms with E-state index in [1.54, 1.807) is 6.08 Å². The van der Waals surface area contributed by atoms with Gasteiger partial charge in [0.25, 0.3) is 0 Å². The number of carbonyl (C=O) groups is 1. The molecule has 0 aliphatic rings. The number of halogens is 1. The van der Waals surface area contributed by atoms with Gasteiger partial charge in [0.15, 0.2) is 0 Å². The molecular weight excluding hydrogens is 292 g/mol. The topological polar surface area (TPSA) is 37.3 Å². The van der Waals surface area contributed by atoms with E-state index in [9.17, 15) is 4.79 Å². The zero-order valence-corrected chi connectivity index (χ0v) is 11.1. The van der Waals surface area contributed by atoms with E-state index in [0.29, 0.717) is 0 Å². The third-order valence-corrected chi connectivity index (χ3v) is 3.04. The van der Waals surface area contributed by atoms with E-state index in [-0.39, 0.29) is 0 Å². The van der Waals surface area contributed by atoms with E-state index in [1.165, 1.54) is 0 Å². The van der Waals surface area contributed by atoms with Crippen molar-refractivity contribution in [1.82, 2.24) is 0 Å². The minimum atomic E-state index is -0.938. The summed E-state index contributed by atoms with van der Waals surface area (Å²) in [4.78, 5) is 10.4. The van der Waals surface area contributed by atoms with Crippen molar-refractivity contribution in [2.75, 3.05) is 0 Å². The van der Waals surface area contributed by atoms with Gasteiger partial charge < -0.3 is 5.11 Å². The highest BCUT2D eigenvalue weighted by Crippen LogP contribution is 2.22. The fourth-order valence-corrected chi connectivity index (χ4v) is 1.86. The Hall–Kier alpha value is -1.87. The van der Waals surface area contributed by atoms with Crippen LogP contribution in [0.2, 0.25) is 0 Å². The first-order valence-corrected chi connectivity index (χ1v) is 6.21. The molecular formula is C15H11BrO2. The minimum absolute atomic E-state index is 0.873. The summed E-state index contributed by atoms with van der Waals surface area (Å²) in [5.41, 5.74) is 3.11. The number of hydrogen-bond acceptors (Lipinski definition) is 1. The van der Waals surface area contributed by atoms with Crippen LogP contribution in [0.15, 0.2) is 59.1 Å². The lowest BCUT2D eigenvalue weighted by Crippen LogP contribution is -1.85. The maximum absolute atomic E-state index is 10.4. The summed E-state index contributed by atoms with van der Waals surface area (Å²) in [6.45, 7) is 0. The average Bonchev–Trinajstić information content (AvgIpc) is 2.38. The van der Waals surface area contributed by atoms with Crippen LogP contribution in [0.3, 0.4) is 0 Å². The van der Waals surface area contributed by atoms with E-state index in [1.807, 2.05) is 48.5 Å². The molecule has 1 N–H and O–H groups in total. The van der Waals surface area contributed by atoms with Crippen molar-refractivity contribution in [2.45, 2.75) is 0 Å². The highest BCUT2D eigenvalue weighted by molar-refractivity contribution is 9.10. The Morgan fingerprint density at radius 1 is 0.944 bits per heavy atom. The van der Waals surface area contributed by atoms with Gasteiger partial charge in [-0.1, -0.05) is 52.3 Å². The van der Waals surface area contributed by atoms with Crippen molar-refractivity contribution in [2.24, 2.45) is 0 Å². The summed E-state index contributed by atoms with van der Waals surface area (Å²) in [7, 11) is 0. The number of benzene rings is 2. The molecule has 0 saturated carbocycles. The second-order valence-corrected chi connectivity index (χ2v) is 4.72. The van der Waals surface area contributed by atoms with Crippen molar-refractivity contribution in [3.63, 3.8) is 0 Å². The Balaban J connectivity index is 2.22. The van der Waals surface area contributed by atoms with Gasteiger partial charge in [0.2, 0.25) is 0 Å². The Morgan fingerprint density at radius 2 is 1.44 bits per heavy atom. The van der Waals surface area contributed by atoms with E-state index in [0.717, 1.165) is 27.2 Å². The molecule has 0 atom stereocenters. The molecule has 90 valence electrons. The van der Waals surface area contributed by atoms with E-state index in [4.69, 9.17) is 5.11 Å². The summed E-state index contributed by atoms with van der Waals surface area (Å²) in [6, 6.07) is 15.8. The number of rotatable bonds is 3. The summed E-state index contributed by atoms with van der Waals surface area (Å²) < 4.78 is 1.05. The first-order valence-electron chi connectivity index (χ1n) is 5.42. The number of carboxylic acid groups (broad SMARTS) is 1. The molecule has 2 aromatic carbocycles. The van der Waals surface area contributed by atoms with Crippen LogP contribution < -0.4 is 0 Å². The zero-order valence-electron chi connectivity index (χ0n) is 9.51. The summed E-state index contributed by atoms with van der Waals surface area (Å²) in [6.07, 6.45) is 2.71. The second-order valence-electron chi connectivity index (χ2n) is 3.80. The average molecular weight is 303 g/mol. The summed E-state index contributed by atoms with van der Waals surface area (Å²) >= 11 is 3.40. The molecule has 0 aliphatic heterocycles. The first kappa shape index (κ1) is 12.6. The fourth-order valence-electron chi connectivity index (χ4n) is 1.60. The molecule has 0 amide bonds. The molecule has 0 aliphatic carbocycles. The lowest BCUT2D eigenvalue weighted by atomic mass is 10.0. The van der Waals surface area contributed by atoms with E-state index in [2.05, 4.69) is 15.9 Å². The predicted octanol–water partition coefficient (Wildman–Crippen LogP) is 4.21. The summed E-state index contributed by atoms with van der Waals surface area (Å²) in [5.74, 6) is -0.938. The van der Waals surface area contributed by atoms with Gasteiger partial charge in [0.1, 0.15) is 0 Å². The van der Waals surface area contributed by atoms with Crippen molar-refractivity contribution >= 4 is 28.0 Å². The van der Waals surface area contributed by atoms with Crippen LogP contribution in [-0.2, 0) is 4.79 Å². The van der Waals surface area contributed by atoms with Gasteiger partial charge in [-0.15, -0.1) is 0 Å². The Morgan fingerprint density at radius 3 is 1.94 bits per heavy atom. The Kier molecular flexibility index (Phi) is 3.95. The number of carboxylic acids is 1. The monoisotopic (exact) mass is 302 g/mol. The highest BCUT2D eigenvalue weighted by atomic mass is 79.9. The zero-order chi connectivity index (χ0) is 13.0. The van der Waals surface area contributed by atoms with E-state index >= 15 is 0 Å². The molecule has 3 heteroatoms. The third-order valence-electron chi connectivity index (χ3n) is 2.51. The number of hydrogen-bond donors (Lipinski definition) is 1. The first-order chi connectivity index (χ1) is 8.65. The SMILES string of the molecule is O=C(O)C=Cc1ccc(-c2ccc(Br)cc2)cc1. The van der Waals surface area contributed by atoms with E-state index < -0.39 is 5.97 Å². The molecule has 0 bridgehead atoms. The molecule has 0 unspecified atom stereocenters. The molecule has 0 heterocycles. The molecule has 0 radical (unpaired) electrons. The van der Waals surface area contributed by atoms with Crippen LogP contribution in [0.5, 0.6) is 0 Å². The van der Waals surface area contributed by atoms with Gasteiger partial charge in [-0.3, -0.25) is 0 Å². The highest BCUT2D eigenvalue weighted by Gasteiger charge is 1.97. The molecule has 2 nitrogen and oxygen atoms in total. The molecule has 2 aromatic rings. The van der Waals surface area contributed by atoms with Crippen molar-refractivity contribution in [3.05, 3.63) is 64.6 Å². The maximum Gasteiger partial charge on any atom is 0.328 e. The van der Waals surface area contributed by atoms with Crippen molar-refractivity contribution < 1.29 is 9.90 Å². The second kappa shape index (κ2) is 5.65. The van der Waals surface area contributed by atoms with Gasteiger partial charge in [0, 0.05) is 10.5 Å².